The summed E-state index contributed by atoms with van der Waals surface area (Å²) in [6, 6.07) is 7.41. The van der Waals surface area contributed by atoms with Crippen LogP contribution in [0.15, 0.2) is 24.3 Å². The van der Waals surface area contributed by atoms with Crippen molar-refractivity contribution in [3.63, 3.8) is 0 Å². The lowest BCUT2D eigenvalue weighted by Crippen LogP contribution is -2.57. The predicted octanol–water partition coefficient (Wildman–Crippen LogP) is 1.27. The average molecular weight is 311 g/mol. The first-order chi connectivity index (χ1) is 9.96. The molecular formula is C15H21NO4S. The fourth-order valence-corrected chi connectivity index (χ4v) is 3.55. The summed E-state index contributed by atoms with van der Waals surface area (Å²) in [7, 11) is -3.02. The van der Waals surface area contributed by atoms with Gasteiger partial charge in [-0.2, -0.15) is 0 Å². The Morgan fingerprint density at radius 2 is 1.86 bits per heavy atom. The van der Waals surface area contributed by atoms with E-state index >= 15 is 0 Å². The number of benzene rings is 1. The number of hydrogen-bond donors (Lipinski definition) is 0. The minimum Gasteiger partial charge on any atom is -0.494 e. The monoisotopic (exact) mass is 311 g/mol. The van der Waals surface area contributed by atoms with E-state index in [4.69, 9.17) is 4.74 Å². The molecule has 0 aromatic heterocycles. The highest BCUT2D eigenvalue weighted by Crippen LogP contribution is 2.19. The Morgan fingerprint density at radius 3 is 2.38 bits per heavy atom. The zero-order valence-electron chi connectivity index (χ0n) is 12.4. The molecule has 1 aliphatic rings. The summed E-state index contributed by atoms with van der Waals surface area (Å²) in [5.74, 6) is 0.895. The normalized spacial score (nSPS) is 15.6. The van der Waals surface area contributed by atoms with Crippen molar-refractivity contribution >= 4 is 15.7 Å². The molecule has 21 heavy (non-hydrogen) atoms. The zero-order valence-corrected chi connectivity index (χ0v) is 13.2. The highest BCUT2D eigenvalue weighted by atomic mass is 32.2. The summed E-state index contributed by atoms with van der Waals surface area (Å²) in [6.07, 6.45) is 0.297. The van der Waals surface area contributed by atoms with Gasteiger partial charge in [0.25, 0.3) is 0 Å². The maximum atomic E-state index is 12.1. The van der Waals surface area contributed by atoms with E-state index in [9.17, 15) is 13.2 Å². The average Bonchev–Trinajstić information content (AvgIpc) is 2.39. The van der Waals surface area contributed by atoms with Crippen LogP contribution >= 0.6 is 0 Å². The summed E-state index contributed by atoms with van der Waals surface area (Å²) in [5, 5.41) is -0.383. The van der Waals surface area contributed by atoms with E-state index < -0.39 is 9.84 Å². The van der Waals surface area contributed by atoms with Crippen LogP contribution in [0.2, 0.25) is 0 Å². The van der Waals surface area contributed by atoms with Crippen LogP contribution in [-0.4, -0.2) is 49.9 Å². The summed E-state index contributed by atoms with van der Waals surface area (Å²) >= 11 is 0. The van der Waals surface area contributed by atoms with Gasteiger partial charge in [-0.25, -0.2) is 8.42 Å². The fourth-order valence-electron chi connectivity index (χ4n) is 2.26. The number of sulfone groups is 1. The van der Waals surface area contributed by atoms with Crippen molar-refractivity contribution in [2.45, 2.75) is 25.5 Å². The van der Waals surface area contributed by atoms with Crippen LogP contribution in [0.1, 0.15) is 19.4 Å². The Balaban J connectivity index is 1.86. The van der Waals surface area contributed by atoms with E-state index in [0.717, 1.165) is 11.3 Å². The third-order valence-corrected chi connectivity index (χ3v) is 5.82. The first-order valence-corrected chi connectivity index (χ1v) is 8.89. The molecule has 0 unspecified atom stereocenters. The molecule has 0 aliphatic carbocycles. The molecule has 1 aromatic carbocycles. The van der Waals surface area contributed by atoms with Gasteiger partial charge in [0.2, 0.25) is 5.91 Å². The molecular weight excluding hydrogens is 290 g/mol. The number of carbonyl (C=O) groups excluding carboxylic acids is 1. The quantitative estimate of drug-likeness (QED) is 0.794. The van der Waals surface area contributed by atoms with Crippen molar-refractivity contribution < 1.29 is 17.9 Å². The van der Waals surface area contributed by atoms with Crippen LogP contribution in [0, 0.1) is 0 Å². The van der Waals surface area contributed by atoms with Gasteiger partial charge in [-0.15, -0.1) is 0 Å². The molecule has 116 valence electrons. The molecule has 1 heterocycles. The molecule has 0 radical (unpaired) electrons. The minimum absolute atomic E-state index is 0.0262. The van der Waals surface area contributed by atoms with Gasteiger partial charge in [0.15, 0.2) is 9.84 Å². The van der Waals surface area contributed by atoms with Crippen molar-refractivity contribution in [3.8, 4) is 5.75 Å². The van der Waals surface area contributed by atoms with Crippen molar-refractivity contribution in [1.82, 2.24) is 4.90 Å². The first-order valence-electron chi connectivity index (χ1n) is 7.17. The van der Waals surface area contributed by atoms with E-state index in [2.05, 4.69) is 0 Å². The lowest BCUT2D eigenvalue weighted by atomic mass is 10.1. The Hall–Kier alpha value is -1.56. The third-order valence-electron chi connectivity index (χ3n) is 3.70. The van der Waals surface area contributed by atoms with Gasteiger partial charge in [0, 0.05) is 18.8 Å². The number of hydrogen-bond acceptors (Lipinski definition) is 4. The molecule has 1 aliphatic heterocycles. The molecule has 1 aromatic rings. The molecule has 1 amide bonds. The van der Waals surface area contributed by atoms with E-state index in [1.807, 2.05) is 31.2 Å². The second-order valence-electron chi connectivity index (χ2n) is 5.13. The molecule has 5 nitrogen and oxygen atoms in total. The molecule has 0 saturated carbocycles. The standard InChI is InChI=1S/C15H21NO4S/c1-3-20-13-7-5-12(6-8-13)9-15(17)16-10-14(11-16)21(18,19)4-2/h5-8,14H,3-4,9-11H2,1-2H3. The van der Waals surface area contributed by atoms with Gasteiger partial charge < -0.3 is 9.64 Å². The molecule has 0 atom stereocenters. The topological polar surface area (TPSA) is 63.7 Å². The lowest BCUT2D eigenvalue weighted by Gasteiger charge is -2.38. The fraction of sp³-hybridized carbons (Fsp3) is 0.533. The van der Waals surface area contributed by atoms with Crippen molar-refractivity contribution in [2.75, 3.05) is 25.4 Å². The molecule has 0 spiro atoms. The van der Waals surface area contributed by atoms with Crippen molar-refractivity contribution in [1.29, 1.82) is 0 Å². The van der Waals surface area contributed by atoms with E-state index in [-0.39, 0.29) is 16.9 Å². The highest BCUT2D eigenvalue weighted by molar-refractivity contribution is 7.92. The van der Waals surface area contributed by atoms with Crippen LogP contribution in [0.25, 0.3) is 0 Å². The molecule has 2 rings (SSSR count). The summed E-state index contributed by atoms with van der Waals surface area (Å²) in [5.41, 5.74) is 0.908. The van der Waals surface area contributed by atoms with E-state index in [0.29, 0.717) is 26.1 Å². The summed E-state index contributed by atoms with van der Waals surface area (Å²) < 4.78 is 28.7. The number of rotatable bonds is 6. The van der Waals surface area contributed by atoms with E-state index in [1.165, 1.54) is 0 Å². The lowest BCUT2D eigenvalue weighted by molar-refractivity contribution is -0.133. The SMILES string of the molecule is CCOc1ccc(CC(=O)N2CC(S(=O)(=O)CC)C2)cc1. The smallest absolute Gasteiger partial charge is 0.227 e. The van der Waals surface area contributed by atoms with Crippen LogP contribution in [-0.2, 0) is 21.1 Å². The van der Waals surface area contributed by atoms with Gasteiger partial charge in [-0.3, -0.25) is 4.79 Å². The van der Waals surface area contributed by atoms with Gasteiger partial charge in [0.1, 0.15) is 5.75 Å². The number of ether oxygens (including phenoxy) is 1. The number of likely N-dealkylation sites (tertiary alicyclic amines) is 1. The first kappa shape index (κ1) is 15.8. The molecule has 6 heteroatoms. The van der Waals surface area contributed by atoms with Gasteiger partial charge in [-0.05, 0) is 24.6 Å². The van der Waals surface area contributed by atoms with Gasteiger partial charge in [0.05, 0.1) is 18.3 Å². The molecule has 1 fully saturated rings. The Bertz CT molecular complexity index is 589. The van der Waals surface area contributed by atoms with Crippen LogP contribution in [0.3, 0.4) is 0 Å². The predicted molar refractivity (Wildman–Crippen MR) is 81.1 cm³/mol. The number of carbonyl (C=O) groups is 1. The highest BCUT2D eigenvalue weighted by Gasteiger charge is 2.38. The maximum absolute atomic E-state index is 12.1. The summed E-state index contributed by atoms with van der Waals surface area (Å²) in [4.78, 5) is 13.7. The van der Waals surface area contributed by atoms with Crippen molar-refractivity contribution in [2.24, 2.45) is 0 Å². The van der Waals surface area contributed by atoms with Gasteiger partial charge >= 0.3 is 0 Å². The van der Waals surface area contributed by atoms with Crippen LogP contribution in [0.5, 0.6) is 5.75 Å². The van der Waals surface area contributed by atoms with Gasteiger partial charge in [-0.1, -0.05) is 19.1 Å². The maximum Gasteiger partial charge on any atom is 0.227 e. The van der Waals surface area contributed by atoms with Crippen LogP contribution < -0.4 is 4.74 Å². The second kappa shape index (κ2) is 6.47. The molecule has 1 saturated heterocycles. The second-order valence-corrected chi connectivity index (χ2v) is 7.70. The van der Waals surface area contributed by atoms with E-state index in [1.54, 1.807) is 11.8 Å². The number of amides is 1. The Morgan fingerprint density at radius 1 is 1.24 bits per heavy atom. The van der Waals surface area contributed by atoms with Crippen molar-refractivity contribution in [3.05, 3.63) is 29.8 Å². The minimum atomic E-state index is -3.02. The Labute approximate surface area is 125 Å². The molecule has 0 bridgehead atoms. The number of nitrogens with zero attached hydrogens (tertiary/aromatic N) is 1. The largest absolute Gasteiger partial charge is 0.494 e. The third kappa shape index (κ3) is 3.75. The zero-order chi connectivity index (χ0) is 15.5. The van der Waals surface area contributed by atoms with Crippen LogP contribution in [0.4, 0.5) is 0 Å². The summed E-state index contributed by atoms with van der Waals surface area (Å²) in [6.45, 7) is 4.82. The Kier molecular flexibility index (Phi) is 4.88. The molecule has 0 N–H and O–H groups in total.